The van der Waals surface area contributed by atoms with Crippen molar-refractivity contribution in [1.29, 1.82) is 0 Å². The van der Waals surface area contributed by atoms with E-state index in [0.717, 1.165) is 0 Å². The minimum Gasteiger partial charge on any atom is -0.265 e. The molecule has 0 radical (unpaired) electrons. The maximum absolute atomic E-state index is 11.5. The van der Waals surface area contributed by atoms with Gasteiger partial charge in [-0.05, 0) is 26.7 Å². The summed E-state index contributed by atoms with van der Waals surface area (Å²) in [4.78, 5) is 0.202. The van der Waals surface area contributed by atoms with Gasteiger partial charge in [-0.2, -0.15) is 5.10 Å². The number of hydrogen-bond acceptors (Lipinski definition) is 3. The Hall–Kier alpha value is -0.550. The molecule has 0 saturated heterocycles. The lowest BCUT2D eigenvalue weighted by Crippen LogP contribution is -2.08. The normalized spacial score (nSPS) is 12.4. The fourth-order valence-corrected chi connectivity index (χ4v) is 3.29. The molecule has 0 saturated carbocycles. The summed E-state index contributed by atoms with van der Waals surface area (Å²) in [5, 5.41) is 4.32. The second kappa shape index (κ2) is 4.75. The van der Waals surface area contributed by atoms with Gasteiger partial charge >= 0.3 is 0 Å². The van der Waals surface area contributed by atoms with Crippen LogP contribution in [0, 0.1) is 0 Å². The lowest BCUT2D eigenvalue weighted by atomic mass is 10.2. The molecule has 0 bridgehead atoms. The molecule has 0 fully saturated rings. The van der Waals surface area contributed by atoms with E-state index >= 15 is 0 Å². The fourth-order valence-electron chi connectivity index (χ4n) is 1.77. The van der Waals surface area contributed by atoms with Gasteiger partial charge in [-0.3, -0.25) is 4.68 Å². The molecule has 0 unspecified atom stereocenters. The molecule has 0 aliphatic carbocycles. The van der Waals surface area contributed by atoms with Gasteiger partial charge in [-0.15, -0.1) is 0 Å². The minimum absolute atomic E-state index is 0.132. The van der Waals surface area contributed by atoms with Crippen molar-refractivity contribution < 1.29 is 8.42 Å². The van der Waals surface area contributed by atoms with E-state index in [0.29, 0.717) is 24.2 Å². The van der Waals surface area contributed by atoms with Crippen LogP contribution in [0.15, 0.2) is 4.90 Å². The van der Waals surface area contributed by atoms with E-state index in [1.54, 1.807) is 4.68 Å². The van der Waals surface area contributed by atoms with Gasteiger partial charge in [0.1, 0.15) is 4.90 Å². The highest BCUT2D eigenvalue weighted by Crippen LogP contribution is 2.27. The third kappa shape index (κ3) is 2.40. The zero-order valence-electron chi connectivity index (χ0n) is 9.99. The van der Waals surface area contributed by atoms with E-state index in [9.17, 15) is 8.42 Å². The zero-order valence-corrected chi connectivity index (χ0v) is 11.6. The molecule has 1 aromatic rings. The Morgan fingerprint density at radius 2 is 1.88 bits per heavy atom. The average Bonchev–Trinajstić information content (AvgIpc) is 2.55. The summed E-state index contributed by atoms with van der Waals surface area (Å²) < 4.78 is 24.8. The molecular formula is C10H17ClN2O2S. The Kier molecular flexibility index (Phi) is 4.02. The summed E-state index contributed by atoms with van der Waals surface area (Å²) in [5.74, 6) is 0. The highest BCUT2D eigenvalue weighted by atomic mass is 35.7. The molecule has 92 valence electrons. The molecule has 1 heterocycles. The van der Waals surface area contributed by atoms with Crippen molar-refractivity contribution in [3.63, 3.8) is 0 Å². The van der Waals surface area contributed by atoms with Crippen LogP contribution in [-0.2, 0) is 21.9 Å². The quantitative estimate of drug-likeness (QED) is 0.785. The molecule has 0 aromatic carbocycles. The van der Waals surface area contributed by atoms with Crippen molar-refractivity contribution in [2.75, 3.05) is 0 Å². The Morgan fingerprint density at radius 1 is 1.31 bits per heavy atom. The van der Waals surface area contributed by atoms with Crippen LogP contribution in [0.3, 0.4) is 0 Å². The Balaban J connectivity index is 3.57. The van der Waals surface area contributed by atoms with E-state index in [1.165, 1.54) is 0 Å². The van der Waals surface area contributed by atoms with E-state index in [1.807, 2.05) is 27.7 Å². The van der Waals surface area contributed by atoms with Gasteiger partial charge in [0.25, 0.3) is 9.05 Å². The molecule has 0 aliphatic heterocycles. The molecule has 0 aliphatic rings. The summed E-state index contributed by atoms with van der Waals surface area (Å²) in [7, 11) is 1.75. The first-order chi connectivity index (χ1) is 7.32. The first-order valence-electron chi connectivity index (χ1n) is 5.37. The Bertz CT molecular complexity index is 477. The monoisotopic (exact) mass is 264 g/mol. The number of aryl methyl sites for hydroxylation is 1. The topological polar surface area (TPSA) is 52.0 Å². The fraction of sp³-hybridized carbons (Fsp3) is 0.700. The smallest absolute Gasteiger partial charge is 0.264 e. The van der Waals surface area contributed by atoms with Crippen LogP contribution in [0.25, 0.3) is 0 Å². The van der Waals surface area contributed by atoms with Crippen LogP contribution in [-0.4, -0.2) is 18.2 Å². The molecule has 1 aromatic heterocycles. The summed E-state index contributed by atoms with van der Waals surface area (Å²) in [6.07, 6.45) is 1.17. The molecule has 4 nitrogen and oxygen atoms in total. The maximum Gasteiger partial charge on any atom is 0.264 e. The summed E-state index contributed by atoms with van der Waals surface area (Å²) in [6.45, 7) is 7.71. The number of rotatable bonds is 4. The first kappa shape index (κ1) is 13.5. The van der Waals surface area contributed by atoms with Crippen LogP contribution in [0.5, 0.6) is 0 Å². The largest absolute Gasteiger partial charge is 0.265 e. The minimum atomic E-state index is -3.71. The van der Waals surface area contributed by atoms with E-state index < -0.39 is 9.05 Å². The Morgan fingerprint density at radius 3 is 2.19 bits per heavy atom. The van der Waals surface area contributed by atoms with Gasteiger partial charge in [0, 0.05) is 16.7 Å². The van der Waals surface area contributed by atoms with Crippen LogP contribution in [0.4, 0.5) is 0 Å². The van der Waals surface area contributed by atoms with E-state index in [4.69, 9.17) is 10.7 Å². The third-order valence-corrected chi connectivity index (χ3v) is 3.85. The van der Waals surface area contributed by atoms with E-state index in [-0.39, 0.29) is 10.9 Å². The number of nitrogens with zero attached hydrogens (tertiary/aromatic N) is 2. The van der Waals surface area contributed by atoms with Crippen molar-refractivity contribution in [1.82, 2.24) is 9.78 Å². The van der Waals surface area contributed by atoms with Crippen LogP contribution < -0.4 is 0 Å². The Labute approximate surface area is 101 Å². The van der Waals surface area contributed by atoms with Crippen LogP contribution in [0.1, 0.15) is 45.1 Å². The summed E-state index contributed by atoms with van der Waals surface area (Å²) >= 11 is 0. The van der Waals surface area contributed by atoms with Gasteiger partial charge in [0.05, 0.1) is 11.4 Å². The third-order valence-electron chi connectivity index (χ3n) is 2.43. The molecule has 0 amide bonds. The second-order valence-corrected chi connectivity index (χ2v) is 6.41. The molecule has 1 rings (SSSR count). The number of halogens is 1. The highest BCUT2D eigenvalue weighted by molar-refractivity contribution is 8.13. The van der Waals surface area contributed by atoms with Gasteiger partial charge < -0.3 is 0 Å². The lowest BCUT2D eigenvalue weighted by Gasteiger charge is -2.09. The van der Waals surface area contributed by atoms with Gasteiger partial charge in [0.15, 0.2) is 0 Å². The SMILES string of the molecule is CCc1nn(C(C)C)c(CC)c1S(=O)(=O)Cl. The maximum atomic E-state index is 11.5. The molecule has 0 atom stereocenters. The summed E-state index contributed by atoms with van der Waals surface area (Å²) in [6, 6.07) is 0.132. The predicted octanol–water partition coefficient (Wildman–Crippen LogP) is 2.52. The highest BCUT2D eigenvalue weighted by Gasteiger charge is 2.25. The first-order valence-corrected chi connectivity index (χ1v) is 7.68. The molecule has 16 heavy (non-hydrogen) atoms. The van der Waals surface area contributed by atoms with Gasteiger partial charge in [-0.1, -0.05) is 13.8 Å². The van der Waals surface area contributed by atoms with E-state index in [2.05, 4.69) is 5.10 Å². The molecule has 6 heteroatoms. The summed E-state index contributed by atoms with van der Waals surface area (Å²) in [5.41, 5.74) is 1.25. The molecule has 0 spiro atoms. The van der Waals surface area contributed by atoms with Crippen molar-refractivity contribution in [2.24, 2.45) is 0 Å². The zero-order chi connectivity index (χ0) is 12.5. The van der Waals surface area contributed by atoms with Crippen LogP contribution >= 0.6 is 10.7 Å². The lowest BCUT2D eigenvalue weighted by molar-refractivity contribution is 0.505. The predicted molar refractivity (Wildman–Crippen MR) is 64.4 cm³/mol. The van der Waals surface area contributed by atoms with Crippen molar-refractivity contribution in [3.05, 3.63) is 11.4 Å². The van der Waals surface area contributed by atoms with Crippen molar-refractivity contribution in [2.45, 2.75) is 51.5 Å². The van der Waals surface area contributed by atoms with Gasteiger partial charge in [0.2, 0.25) is 0 Å². The molecule has 0 N–H and O–H groups in total. The second-order valence-electron chi connectivity index (χ2n) is 3.91. The van der Waals surface area contributed by atoms with Crippen molar-refractivity contribution in [3.8, 4) is 0 Å². The van der Waals surface area contributed by atoms with Gasteiger partial charge in [-0.25, -0.2) is 8.42 Å². The average molecular weight is 265 g/mol. The number of hydrogen-bond donors (Lipinski definition) is 0. The molecular weight excluding hydrogens is 248 g/mol. The standard InChI is InChI=1S/C10H17ClN2O2S/c1-5-8-10(16(11,14)15)9(6-2)13(12-8)7(3)4/h7H,5-6H2,1-4H3. The van der Waals surface area contributed by atoms with Crippen molar-refractivity contribution >= 4 is 19.7 Å². The van der Waals surface area contributed by atoms with Crippen LogP contribution in [0.2, 0.25) is 0 Å². The number of aromatic nitrogens is 2.